The number of amides is 3. The highest BCUT2D eigenvalue weighted by atomic mass is 16.2. The fourth-order valence-electron chi connectivity index (χ4n) is 2.98. The maximum absolute atomic E-state index is 12.5. The maximum Gasteiger partial charge on any atom is 0.336 e. The molecule has 2 unspecified atom stereocenters. The van der Waals surface area contributed by atoms with E-state index in [4.69, 9.17) is 0 Å². The molecule has 1 saturated heterocycles. The van der Waals surface area contributed by atoms with E-state index < -0.39 is 0 Å². The molecule has 0 aliphatic carbocycles. The Bertz CT molecular complexity index is 636. The van der Waals surface area contributed by atoms with Crippen LogP contribution in [0.5, 0.6) is 0 Å². The zero-order valence-electron chi connectivity index (χ0n) is 12.7. The van der Waals surface area contributed by atoms with E-state index >= 15 is 0 Å². The fraction of sp³-hybridized carbons (Fsp3) is 0.412. The van der Waals surface area contributed by atoms with Crippen LogP contribution in [0.2, 0.25) is 0 Å². The highest BCUT2D eigenvalue weighted by Gasteiger charge is 2.46. The molecule has 110 valence electrons. The maximum atomic E-state index is 12.5. The molecule has 3 rings (SSSR count). The van der Waals surface area contributed by atoms with E-state index in [1.807, 2.05) is 25.1 Å². The van der Waals surface area contributed by atoms with Crippen molar-refractivity contribution in [1.29, 1.82) is 0 Å². The van der Waals surface area contributed by atoms with E-state index in [9.17, 15) is 9.59 Å². The Morgan fingerprint density at radius 2 is 2.05 bits per heavy atom. The van der Waals surface area contributed by atoms with Crippen LogP contribution in [-0.2, 0) is 4.79 Å². The van der Waals surface area contributed by atoms with E-state index in [1.165, 1.54) is 15.4 Å². The molecule has 0 N–H and O–H groups in total. The zero-order chi connectivity index (χ0) is 15.1. The molecule has 0 saturated carbocycles. The molecule has 1 aromatic rings. The van der Waals surface area contributed by atoms with Crippen LogP contribution in [0.25, 0.3) is 0 Å². The first-order chi connectivity index (χ1) is 10.0. The largest absolute Gasteiger partial charge is 0.336 e. The first-order valence-corrected chi connectivity index (χ1v) is 7.47. The van der Waals surface area contributed by atoms with Crippen molar-refractivity contribution >= 4 is 17.6 Å². The topological polar surface area (TPSA) is 40.6 Å². The number of hydrogen-bond acceptors (Lipinski definition) is 2. The summed E-state index contributed by atoms with van der Waals surface area (Å²) >= 11 is 0. The Balaban J connectivity index is 2.01. The van der Waals surface area contributed by atoms with Gasteiger partial charge in [-0.05, 0) is 48.9 Å². The van der Waals surface area contributed by atoms with Crippen LogP contribution >= 0.6 is 0 Å². The zero-order valence-corrected chi connectivity index (χ0v) is 12.7. The summed E-state index contributed by atoms with van der Waals surface area (Å²) in [5.41, 5.74) is 2.95. The van der Waals surface area contributed by atoms with Gasteiger partial charge in [-0.2, -0.15) is 0 Å². The molecule has 3 amide bonds. The van der Waals surface area contributed by atoms with Crippen molar-refractivity contribution in [1.82, 2.24) is 4.90 Å². The van der Waals surface area contributed by atoms with Gasteiger partial charge in [0.15, 0.2) is 0 Å². The summed E-state index contributed by atoms with van der Waals surface area (Å²) in [6.45, 7) is 6.30. The van der Waals surface area contributed by atoms with Crippen LogP contribution in [0.1, 0.15) is 43.7 Å². The molecule has 21 heavy (non-hydrogen) atoms. The second kappa shape index (κ2) is 5.02. The van der Waals surface area contributed by atoms with Crippen LogP contribution in [-0.4, -0.2) is 22.9 Å². The molecule has 2 atom stereocenters. The Morgan fingerprint density at radius 1 is 1.29 bits per heavy atom. The van der Waals surface area contributed by atoms with Crippen LogP contribution in [0, 0.1) is 6.92 Å². The smallest absolute Gasteiger partial charge is 0.288 e. The van der Waals surface area contributed by atoms with Crippen LogP contribution in [0.4, 0.5) is 10.5 Å². The summed E-state index contributed by atoms with van der Waals surface area (Å²) in [7, 11) is 0. The van der Waals surface area contributed by atoms with Gasteiger partial charge >= 0.3 is 6.03 Å². The molecular formula is C17H20N2O2. The number of rotatable bonds is 3. The van der Waals surface area contributed by atoms with Gasteiger partial charge in [0, 0.05) is 6.20 Å². The van der Waals surface area contributed by atoms with Crippen molar-refractivity contribution in [2.45, 2.75) is 45.6 Å². The molecule has 2 aliphatic heterocycles. The molecule has 2 aliphatic rings. The van der Waals surface area contributed by atoms with E-state index in [2.05, 4.69) is 19.9 Å². The number of nitrogens with zero attached hydrogens (tertiary/aromatic N) is 2. The average molecular weight is 284 g/mol. The van der Waals surface area contributed by atoms with Crippen molar-refractivity contribution in [2.75, 3.05) is 4.90 Å². The van der Waals surface area contributed by atoms with Gasteiger partial charge in [-0.3, -0.25) is 9.69 Å². The number of imide groups is 1. The minimum atomic E-state index is -0.343. The van der Waals surface area contributed by atoms with Gasteiger partial charge in [0.2, 0.25) is 0 Å². The number of benzene rings is 1. The Labute approximate surface area is 125 Å². The lowest BCUT2D eigenvalue weighted by Crippen LogP contribution is -2.31. The highest BCUT2D eigenvalue weighted by molar-refractivity contribution is 6.22. The van der Waals surface area contributed by atoms with Gasteiger partial charge in [-0.1, -0.05) is 26.0 Å². The summed E-state index contributed by atoms with van der Waals surface area (Å²) in [6.07, 6.45) is 5.24. The fourth-order valence-corrected chi connectivity index (χ4v) is 2.98. The van der Waals surface area contributed by atoms with Crippen LogP contribution in [0.15, 0.2) is 30.5 Å². The first kappa shape index (κ1) is 13.9. The second-order valence-electron chi connectivity index (χ2n) is 5.91. The monoisotopic (exact) mass is 284 g/mol. The normalized spacial score (nSPS) is 22.1. The van der Waals surface area contributed by atoms with Crippen LogP contribution in [0.3, 0.4) is 0 Å². The van der Waals surface area contributed by atoms with Crippen molar-refractivity contribution in [3.05, 3.63) is 41.6 Å². The molecular weight excluding hydrogens is 264 g/mol. The lowest BCUT2D eigenvalue weighted by Gasteiger charge is -2.18. The molecule has 0 aromatic heterocycles. The Hall–Kier alpha value is -2.10. The SMILES string of the molecule is CCC(C)c1cc(C)cc(N2C(=O)C3CC=CN3C2=O)c1. The quantitative estimate of drug-likeness (QED) is 0.796. The Morgan fingerprint density at radius 3 is 2.71 bits per heavy atom. The summed E-state index contributed by atoms with van der Waals surface area (Å²) < 4.78 is 0. The minimum Gasteiger partial charge on any atom is -0.288 e. The van der Waals surface area contributed by atoms with E-state index in [-0.39, 0.29) is 18.0 Å². The van der Waals surface area contributed by atoms with E-state index in [1.54, 1.807) is 6.20 Å². The second-order valence-corrected chi connectivity index (χ2v) is 5.91. The molecule has 4 nitrogen and oxygen atoms in total. The molecule has 1 fully saturated rings. The summed E-state index contributed by atoms with van der Waals surface area (Å²) in [5.74, 6) is 0.293. The molecule has 0 radical (unpaired) electrons. The van der Waals surface area contributed by atoms with E-state index in [0.29, 0.717) is 18.0 Å². The van der Waals surface area contributed by atoms with Crippen molar-refractivity contribution < 1.29 is 9.59 Å². The number of aryl methyl sites for hydroxylation is 1. The number of fused-ring (bicyclic) bond motifs is 1. The van der Waals surface area contributed by atoms with E-state index in [0.717, 1.165) is 12.0 Å². The molecule has 4 heteroatoms. The molecule has 2 heterocycles. The van der Waals surface area contributed by atoms with Gasteiger partial charge in [0.1, 0.15) is 6.04 Å². The number of anilines is 1. The third kappa shape index (κ3) is 2.15. The first-order valence-electron chi connectivity index (χ1n) is 7.47. The molecule has 1 aromatic carbocycles. The molecule has 0 bridgehead atoms. The number of carbonyl (C=O) groups excluding carboxylic acids is 2. The molecule has 0 spiro atoms. The summed E-state index contributed by atoms with van der Waals surface area (Å²) in [5, 5.41) is 0. The van der Waals surface area contributed by atoms with Crippen molar-refractivity contribution in [2.24, 2.45) is 0 Å². The van der Waals surface area contributed by atoms with Crippen molar-refractivity contribution in [3.8, 4) is 0 Å². The number of hydrogen-bond donors (Lipinski definition) is 0. The third-order valence-corrected chi connectivity index (χ3v) is 4.40. The average Bonchev–Trinajstić information content (AvgIpc) is 3.02. The van der Waals surface area contributed by atoms with Gasteiger partial charge < -0.3 is 0 Å². The predicted octanol–water partition coefficient (Wildman–Crippen LogP) is 3.56. The van der Waals surface area contributed by atoms with Crippen molar-refractivity contribution in [3.63, 3.8) is 0 Å². The number of urea groups is 1. The minimum absolute atomic E-state index is 0.120. The lowest BCUT2D eigenvalue weighted by atomic mass is 9.96. The predicted molar refractivity (Wildman–Crippen MR) is 82.2 cm³/mol. The lowest BCUT2D eigenvalue weighted by molar-refractivity contribution is -0.119. The Kier molecular flexibility index (Phi) is 3.32. The van der Waals surface area contributed by atoms with Gasteiger partial charge in [-0.25, -0.2) is 9.69 Å². The summed E-state index contributed by atoms with van der Waals surface area (Å²) in [4.78, 5) is 27.8. The number of carbonyl (C=O) groups is 2. The highest BCUT2D eigenvalue weighted by Crippen LogP contribution is 2.33. The third-order valence-electron chi connectivity index (χ3n) is 4.40. The van der Waals surface area contributed by atoms with Gasteiger partial charge in [0.05, 0.1) is 5.69 Å². The standard InChI is InChI=1S/C17H20N2O2/c1-4-12(3)13-8-11(2)9-14(10-13)19-16(20)15-6-5-7-18(15)17(19)21/h5,7-10,12,15H,4,6H2,1-3H3. The van der Waals surface area contributed by atoms with Gasteiger partial charge in [-0.15, -0.1) is 0 Å². The van der Waals surface area contributed by atoms with Crippen LogP contribution < -0.4 is 4.90 Å². The summed E-state index contributed by atoms with van der Waals surface area (Å²) in [6, 6.07) is 5.43. The van der Waals surface area contributed by atoms with Gasteiger partial charge in [0.25, 0.3) is 5.91 Å².